The van der Waals surface area contributed by atoms with E-state index >= 15 is 0 Å². The second kappa shape index (κ2) is 8.23. The summed E-state index contributed by atoms with van der Waals surface area (Å²) in [6, 6.07) is 0. The molecule has 0 amide bonds. The van der Waals surface area contributed by atoms with Crippen molar-refractivity contribution in [3.05, 3.63) is 0 Å². The lowest BCUT2D eigenvalue weighted by atomic mass is 9.80. The molecule has 0 spiro atoms. The summed E-state index contributed by atoms with van der Waals surface area (Å²) in [6.45, 7) is 4.48. The first kappa shape index (κ1) is 15.3. The molecule has 0 aromatic heterocycles. The maximum atomic E-state index is 10.6. The first-order valence-corrected chi connectivity index (χ1v) is 8.18. The van der Waals surface area contributed by atoms with Gasteiger partial charge >= 0.3 is 0 Å². The van der Waals surface area contributed by atoms with Crippen LogP contribution in [0.25, 0.3) is 0 Å². The van der Waals surface area contributed by atoms with Crippen LogP contribution in [0.1, 0.15) is 58.3 Å². The van der Waals surface area contributed by atoms with E-state index in [4.69, 9.17) is 9.47 Å². The number of ether oxygens (including phenoxy) is 2. The fourth-order valence-electron chi connectivity index (χ4n) is 3.67. The maximum Gasteiger partial charge on any atom is 0.0861 e. The molecule has 1 saturated carbocycles. The van der Waals surface area contributed by atoms with Crippen molar-refractivity contribution in [1.29, 1.82) is 0 Å². The Labute approximate surface area is 117 Å². The first-order chi connectivity index (χ1) is 9.31. The quantitative estimate of drug-likeness (QED) is 0.806. The molecular weight excluding hydrogens is 240 g/mol. The van der Waals surface area contributed by atoms with Crippen LogP contribution in [0.3, 0.4) is 0 Å². The molecule has 0 radical (unpaired) electrons. The molecule has 0 bridgehead atoms. The van der Waals surface area contributed by atoms with Crippen LogP contribution >= 0.6 is 0 Å². The van der Waals surface area contributed by atoms with Crippen molar-refractivity contribution in [3.8, 4) is 0 Å². The van der Waals surface area contributed by atoms with Gasteiger partial charge in [0, 0.05) is 19.8 Å². The summed E-state index contributed by atoms with van der Waals surface area (Å²) in [5, 5.41) is 10.6. The molecule has 1 heterocycles. The van der Waals surface area contributed by atoms with E-state index in [0.717, 1.165) is 32.5 Å². The van der Waals surface area contributed by atoms with E-state index in [1.165, 1.54) is 32.1 Å². The summed E-state index contributed by atoms with van der Waals surface area (Å²) < 4.78 is 11.3. The molecule has 2 unspecified atom stereocenters. The Kier molecular flexibility index (Phi) is 6.62. The van der Waals surface area contributed by atoms with Crippen LogP contribution in [0.5, 0.6) is 0 Å². The van der Waals surface area contributed by atoms with Crippen molar-refractivity contribution in [3.63, 3.8) is 0 Å². The molecular formula is C16H30O3. The number of aliphatic hydroxyl groups is 1. The van der Waals surface area contributed by atoms with Crippen molar-refractivity contribution in [1.82, 2.24) is 0 Å². The summed E-state index contributed by atoms with van der Waals surface area (Å²) in [5.74, 6) is 1.19. The molecule has 1 saturated heterocycles. The normalized spacial score (nSPS) is 26.2. The predicted octanol–water partition coefficient (Wildman–Crippen LogP) is 3.15. The van der Waals surface area contributed by atoms with Crippen LogP contribution in [0.2, 0.25) is 0 Å². The van der Waals surface area contributed by atoms with Crippen LogP contribution in [0.15, 0.2) is 0 Å². The Morgan fingerprint density at radius 1 is 1.11 bits per heavy atom. The van der Waals surface area contributed by atoms with Crippen molar-refractivity contribution in [2.24, 2.45) is 11.8 Å². The van der Waals surface area contributed by atoms with E-state index in [0.29, 0.717) is 18.4 Å². The average Bonchev–Trinajstić information content (AvgIpc) is 2.46. The first-order valence-electron chi connectivity index (χ1n) is 8.18. The predicted molar refractivity (Wildman–Crippen MR) is 76.2 cm³/mol. The molecule has 0 aromatic rings. The van der Waals surface area contributed by atoms with Crippen molar-refractivity contribution in [2.45, 2.75) is 70.5 Å². The summed E-state index contributed by atoms with van der Waals surface area (Å²) in [4.78, 5) is 0. The van der Waals surface area contributed by atoms with E-state index in [9.17, 15) is 5.11 Å². The van der Waals surface area contributed by atoms with Crippen LogP contribution in [0.4, 0.5) is 0 Å². The molecule has 1 N–H and O–H groups in total. The molecule has 2 rings (SSSR count). The molecule has 1 aliphatic heterocycles. The highest BCUT2D eigenvalue weighted by molar-refractivity contribution is 4.82. The minimum Gasteiger partial charge on any atom is -0.390 e. The minimum atomic E-state index is -0.286. The summed E-state index contributed by atoms with van der Waals surface area (Å²) in [7, 11) is 0. The lowest BCUT2D eigenvalue weighted by molar-refractivity contribution is -0.0839. The third kappa shape index (κ3) is 4.73. The second-order valence-corrected chi connectivity index (χ2v) is 6.18. The smallest absolute Gasteiger partial charge is 0.0861 e. The zero-order chi connectivity index (χ0) is 13.5. The molecule has 3 nitrogen and oxygen atoms in total. The Bertz CT molecular complexity index is 232. The largest absolute Gasteiger partial charge is 0.390 e. The van der Waals surface area contributed by atoms with Crippen LogP contribution in [0, 0.1) is 11.8 Å². The topological polar surface area (TPSA) is 38.7 Å². The van der Waals surface area contributed by atoms with Gasteiger partial charge in [-0.2, -0.15) is 0 Å². The van der Waals surface area contributed by atoms with Gasteiger partial charge in [-0.25, -0.2) is 0 Å². The van der Waals surface area contributed by atoms with Gasteiger partial charge in [-0.3, -0.25) is 0 Å². The highest BCUT2D eigenvalue weighted by Crippen LogP contribution is 2.32. The molecule has 2 aliphatic rings. The summed E-state index contributed by atoms with van der Waals surface area (Å²) in [6.07, 6.45) is 9.29. The minimum absolute atomic E-state index is 0.0631. The van der Waals surface area contributed by atoms with Gasteiger partial charge in [0.2, 0.25) is 0 Å². The maximum absolute atomic E-state index is 10.6. The highest BCUT2D eigenvalue weighted by Gasteiger charge is 2.31. The van der Waals surface area contributed by atoms with E-state index in [1.54, 1.807) is 0 Å². The van der Waals surface area contributed by atoms with Crippen LogP contribution in [-0.2, 0) is 9.47 Å². The standard InChI is InChI=1S/C16H30O3/c1-2-19-16(14-6-4-3-5-7-14)15(17)12-13-8-10-18-11-9-13/h13-17H,2-12H2,1H3. The van der Waals surface area contributed by atoms with Gasteiger partial charge in [-0.1, -0.05) is 19.3 Å². The number of hydrogen-bond donors (Lipinski definition) is 1. The third-order valence-corrected chi connectivity index (χ3v) is 4.77. The molecule has 3 heteroatoms. The number of aliphatic hydroxyl groups excluding tert-OH is 1. The molecule has 19 heavy (non-hydrogen) atoms. The van der Waals surface area contributed by atoms with E-state index < -0.39 is 0 Å². The van der Waals surface area contributed by atoms with Crippen molar-refractivity contribution >= 4 is 0 Å². The van der Waals surface area contributed by atoms with Crippen LogP contribution < -0.4 is 0 Å². The molecule has 1 aliphatic carbocycles. The highest BCUT2D eigenvalue weighted by atomic mass is 16.5. The van der Waals surface area contributed by atoms with Gasteiger partial charge in [0.25, 0.3) is 0 Å². The van der Waals surface area contributed by atoms with E-state index in [-0.39, 0.29) is 12.2 Å². The Hall–Kier alpha value is -0.120. The SMILES string of the molecule is CCOC(C(O)CC1CCOCC1)C1CCCCC1. The number of rotatable bonds is 6. The van der Waals surface area contributed by atoms with Gasteiger partial charge in [-0.05, 0) is 50.9 Å². The number of hydrogen-bond acceptors (Lipinski definition) is 3. The molecule has 2 atom stereocenters. The Morgan fingerprint density at radius 3 is 2.42 bits per heavy atom. The van der Waals surface area contributed by atoms with Gasteiger partial charge in [0.1, 0.15) is 0 Å². The summed E-state index contributed by atoms with van der Waals surface area (Å²) in [5.41, 5.74) is 0. The van der Waals surface area contributed by atoms with Gasteiger partial charge in [0.15, 0.2) is 0 Å². The fourth-order valence-corrected chi connectivity index (χ4v) is 3.67. The average molecular weight is 270 g/mol. The van der Waals surface area contributed by atoms with Gasteiger partial charge < -0.3 is 14.6 Å². The van der Waals surface area contributed by atoms with E-state index in [2.05, 4.69) is 0 Å². The zero-order valence-electron chi connectivity index (χ0n) is 12.4. The monoisotopic (exact) mass is 270 g/mol. The van der Waals surface area contributed by atoms with E-state index in [1.807, 2.05) is 6.92 Å². The lowest BCUT2D eigenvalue weighted by Gasteiger charge is -2.35. The Balaban J connectivity index is 1.85. The van der Waals surface area contributed by atoms with Crippen molar-refractivity contribution < 1.29 is 14.6 Å². The summed E-state index contributed by atoms with van der Waals surface area (Å²) >= 11 is 0. The zero-order valence-corrected chi connectivity index (χ0v) is 12.4. The second-order valence-electron chi connectivity index (χ2n) is 6.18. The van der Waals surface area contributed by atoms with Gasteiger partial charge in [0.05, 0.1) is 12.2 Å². The molecule has 0 aromatic carbocycles. The van der Waals surface area contributed by atoms with Crippen molar-refractivity contribution in [2.75, 3.05) is 19.8 Å². The lowest BCUT2D eigenvalue weighted by Crippen LogP contribution is -2.39. The molecule has 2 fully saturated rings. The fraction of sp³-hybridized carbons (Fsp3) is 1.00. The Morgan fingerprint density at radius 2 is 1.79 bits per heavy atom. The molecule has 112 valence electrons. The van der Waals surface area contributed by atoms with Crippen LogP contribution in [-0.4, -0.2) is 37.1 Å². The third-order valence-electron chi connectivity index (χ3n) is 4.77. The van der Waals surface area contributed by atoms with Gasteiger partial charge in [-0.15, -0.1) is 0 Å².